The van der Waals surface area contributed by atoms with Crippen LogP contribution in [0.5, 0.6) is 5.75 Å². The van der Waals surface area contributed by atoms with Crippen LogP contribution in [0.25, 0.3) is 11.4 Å². The van der Waals surface area contributed by atoms with Gasteiger partial charge in [-0.15, -0.1) is 0 Å². The molecule has 1 aliphatic heterocycles. The zero-order chi connectivity index (χ0) is 9.54. The van der Waals surface area contributed by atoms with Crippen molar-refractivity contribution in [2.45, 2.75) is 6.54 Å². The number of imidazole rings is 1. The van der Waals surface area contributed by atoms with Crippen molar-refractivity contribution >= 4 is 0 Å². The number of ether oxygens (including phenoxy) is 1. The van der Waals surface area contributed by atoms with Crippen LogP contribution in [0.4, 0.5) is 0 Å². The summed E-state index contributed by atoms with van der Waals surface area (Å²) in [5, 5.41) is 0. The molecule has 1 aliphatic rings. The van der Waals surface area contributed by atoms with Crippen molar-refractivity contribution in [3.05, 3.63) is 36.2 Å². The van der Waals surface area contributed by atoms with Gasteiger partial charge in [0.1, 0.15) is 11.6 Å². The lowest BCUT2D eigenvalue weighted by atomic mass is 10.1. The predicted molar refractivity (Wildman–Crippen MR) is 53.3 cm³/mol. The van der Waals surface area contributed by atoms with E-state index in [4.69, 9.17) is 4.74 Å². The summed E-state index contributed by atoms with van der Waals surface area (Å²) in [5.74, 6) is 1.97. The lowest BCUT2D eigenvalue weighted by Crippen LogP contribution is -1.89. The van der Waals surface area contributed by atoms with Crippen molar-refractivity contribution in [2.24, 2.45) is 0 Å². The first-order valence-electron chi connectivity index (χ1n) is 4.57. The first kappa shape index (κ1) is 7.62. The molecule has 0 saturated heterocycles. The van der Waals surface area contributed by atoms with Gasteiger partial charge < -0.3 is 9.30 Å². The van der Waals surface area contributed by atoms with Crippen molar-refractivity contribution < 1.29 is 4.74 Å². The molecule has 3 heteroatoms. The maximum Gasteiger partial charge on any atom is 0.140 e. The van der Waals surface area contributed by atoms with Crippen LogP contribution in [-0.4, -0.2) is 16.7 Å². The summed E-state index contributed by atoms with van der Waals surface area (Å²) in [4.78, 5) is 4.32. The van der Waals surface area contributed by atoms with E-state index >= 15 is 0 Å². The molecule has 2 heterocycles. The Balaban J connectivity index is 2.18. The minimum atomic E-state index is 0.905. The van der Waals surface area contributed by atoms with E-state index in [1.54, 1.807) is 7.11 Å². The number of methoxy groups -OCH3 is 1. The Morgan fingerprint density at radius 3 is 3.21 bits per heavy atom. The summed E-state index contributed by atoms with van der Waals surface area (Å²) in [6, 6.07) is 6.12. The lowest BCUT2D eigenvalue weighted by molar-refractivity contribution is 0.414. The van der Waals surface area contributed by atoms with E-state index in [1.807, 2.05) is 18.5 Å². The van der Waals surface area contributed by atoms with Crippen molar-refractivity contribution in [1.82, 2.24) is 9.55 Å². The van der Waals surface area contributed by atoms with Gasteiger partial charge in [0.15, 0.2) is 0 Å². The SMILES string of the molecule is COc1ccc2c(c1)Cn1ccnc1-2. The summed E-state index contributed by atoms with van der Waals surface area (Å²) < 4.78 is 7.33. The second-order valence-electron chi connectivity index (χ2n) is 3.40. The molecule has 0 bridgehead atoms. The normalized spacial score (nSPS) is 12.4. The Bertz CT molecular complexity index is 488. The van der Waals surface area contributed by atoms with Gasteiger partial charge in [0.05, 0.1) is 7.11 Å². The molecule has 0 spiro atoms. The first-order valence-corrected chi connectivity index (χ1v) is 4.57. The van der Waals surface area contributed by atoms with Crippen LogP contribution in [0.2, 0.25) is 0 Å². The molecular weight excluding hydrogens is 176 g/mol. The fraction of sp³-hybridized carbons (Fsp3) is 0.182. The van der Waals surface area contributed by atoms with Gasteiger partial charge >= 0.3 is 0 Å². The zero-order valence-corrected chi connectivity index (χ0v) is 7.90. The third-order valence-electron chi connectivity index (χ3n) is 2.61. The van der Waals surface area contributed by atoms with Crippen LogP contribution >= 0.6 is 0 Å². The maximum atomic E-state index is 5.19. The molecule has 1 aromatic heterocycles. The topological polar surface area (TPSA) is 27.1 Å². The number of hydrogen-bond acceptors (Lipinski definition) is 2. The van der Waals surface area contributed by atoms with Crippen molar-refractivity contribution in [2.75, 3.05) is 7.11 Å². The number of hydrogen-bond donors (Lipinski definition) is 0. The second-order valence-corrected chi connectivity index (χ2v) is 3.40. The van der Waals surface area contributed by atoms with E-state index in [-0.39, 0.29) is 0 Å². The van der Waals surface area contributed by atoms with Gasteiger partial charge in [0, 0.05) is 24.5 Å². The van der Waals surface area contributed by atoms with Crippen LogP contribution in [0.15, 0.2) is 30.6 Å². The Labute approximate surface area is 82.0 Å². The highest BCUT2D eigenvalue weighted by atomic mass is 16.5. The quantitative estimate of drug-likeness (QED) is 0.580. The predicted octanol–water partition coefficient (Wildman–Crippen LogP) is 1.92. The Morgan fingerprint density at radius 2 is 2.36 bits per heavy atom. The van der Waals surface area contributed by atoms with E-state index < -0.39 is 0 Å². The maximum absolute atomic E-state index is 5.19. The van der Waals surface area contributed by atoms with Gasteiger partial charge in [0.25, 0.3) is 0 Å². The Hall–Kier alpha value is -1.77. The molecule has 3 rings (SSSR count). The fourth-order valence-corrected chi connectivity index (χ4v) is 1.91. The number of benzene rings is 1. The average Bonchev–Trinajstić information content (AvgIpc) is 2.75. The summed E-state index contributed by atoms with van der Waals surface area (Å²) in [5.41, 5.74) is 2.50. The molecule has 0 saturated carbocycles. The highest BCUT2D eigenvalue weighted by Crippen LogP contribution is 2.32. The van der Waals surface area contributed by atoms with Gasteiger partial charge in [0.2, 0.25) is 0 Å². The molecule has 14 heavy (non-hydrogen) atoms. The summed E-state index contributed by atoms with van der Waals surface area (Å²) in [7, 11) is 1.69. The van der Waals surface area contributed by atoms with Gasteiger partial charge in [-0.05, 0) is 23.8 Å². The summed E-state index contributed by atoms with van der Waals surface area (Å²) >= 11 is 0. The highest BCUT2D eigenvalue weighted by molar-refractivity contribution is 5.66. The minimum absolute atomic E-state index is 0.905. The standard InChI is InChI=1S/C11H10N2O/c1-14-9-2-3-10-8(6-9)7-13-5-4-12-11(10)13/h2-6H,7H2,1H3. The van der Waals surface area contributed by atoms with Gasteiger partial charge in [-0.25, -0.2) is 4.98 Å². The van der Waals surface area contributed by atoms with Crippen LogP contribution in [0.3, 0.4) is 0 Å². The molecule has 2 aromatic rings. The minimum Gasteiger partial charge on any atom is -0.497 e. The molecule has 3 nitrogen and oxygen atoms in total. The average molecular weight is 186 g/mol. The van der Waals surface area contributed by atoms with Gasteiger partial charge in [-0.2, -0.15) is 0 Å². The number of nitrogens with zero attached hydrogens (tertiary/aromatic N) is 2. The van der Waals surface area contributed by atoms with Crippen LogP contribution in [0.1, 0.15) is 5.56 Å². The van der Waals surface area contributed by atoms with E-state index in [2.05, 4.69) is 21.7 Å². The molecule has 0 amide bonds. The van der Waals surface area contributed by atoms with E-state index in [0.717, 1.165) is 18.1 Å². The zero-order valence-electron chi connectivity index (χ0n) is 7.90. The first-order chi connectivity index (χ1) is 6.88. The Kier molecular flexibility index (Phi) is 1.42. The third kappa shape index (κ3) is 0.894. The van der Waals surface area contributed by atoms with Crippen molar-refractivity contribution in [3.8, 4) is 17.1 Å². The summed E-state index contributed by atoms with van der Waals surface area (Å²) in [6.07, 6.45) is 3.84. The molecule has 0 radical (unpaired) electrons. The smallest absolute Gasteiger partial charge is 0.140 e. The van der Waals surface area contributed by atoms with Crippen molar-refractivity contribution in [3.63, 3.8) is 0 Å². The monoisotopic (exact) mass is 186 g/mol. The molecule has 0 unspecified atom stereocenters. The Morgan fingerprint density at radius 1 is 1.43 bits per heavy atom. The second kappa shape index (κ2) is 2.61. The lowest BCUT2D eigenvalue weighted by Gasteiger charge is -2.01. The number of rotatable bonds is 1. The highest BCUT2D eigenvalue weighted by Gasteiger charge is 2.18. The molecule has 70 valence electrons. The van der Waals surface area contributed by atoms with Crippen LogP contribution < -0.4 is 4.74 Å². The summed E-state index contributed by atoms with van der Waals surface area (Å²) in [6.45, 7) is 0.905. The van der Waals surface area contributed by atoms with Gasteiger partial charge in [-0.3, -0.25) is 0 Å². The number of fused-ring (bicyclic) bond motifs is 3. The third-order valence-corrected chi connectivity index (χ3v) is 2.61. The number of aromatic nitrogens is 2. The molecular formula is C11H10N2O. The van der Waals surface area contributed by atoms with Gasteiger partial charge in [-0.1, -0.05) is 0 Å². The van der Waals surface area contributed by atoms with Crippen LogP contribution in [-0.2, 0) is 6.54 Å². The molecule has 1 aromatic carbocycles. The molecule has 0 N–H and O–H groups in total. The van der Waals surface area contributed by atoms with E-state index in [9.17, 15) is 0 Å². The van der Waals surface area contributed by atoms with E-state index in [1.165, 1.54) is 11.1 Å². The molecule has 0 aliphatic carbocycles. The fourth-order valence-electron chi connectivity index (χ4n) is 1.91. The largest absolute Gasteiger partial charge is 0.497 e. The van der Waals surface area contributed by atoms with E-state index in [0.29, 0.717) is 0 Å². The molecule has 0 atom stereocenters. The van der Waals surface area contributed by atoms with Crippen LogP contribution in [0, 0.1) is 0 Å². The molecule has 0 fully saturated rings. The van der Waals surface area contributed by atoms with Crippen molar-refractivity contribution in [1.29, 1.82) is 0 Å².